The molecule has 0 amide bonds. The second-order valence-corrected chi connectivity index (χ2v) is 4.08. The standard InChI is InChI=1S/C11H15ClN4/c1-2-7-5-8(13)6-9(12)10(7)16-11-14-3-4-15-11/h5-6H,2-4,13H2,1H3,(H2,14,15,16). The predicted molar refractivity (Wildman–Crippen MR) is 69.2 cm³/mol. The van der Waals surface area contributed by atoms with Gasteiger partial charge in [0.05, 0.1) is 17.3 Å². The van der Waals surface area contributed by atoms with Crippen LogP contribution in [0.1, 0.15) is 12.5 Å². The van der Waals surface area contributed by atoms with Gasteiger partial charge in [0.2, 0.25) is 0 Å². The molecule has 0 atom stereocenters. The van der Waals surface area contributed by atoms with E-state index >= 15 is 0 Å². The maximum atomic E-state index is 6.17. The summed E-state index contributed by atoms with van der Waals surface area (Å²) in [6.07, 6.45) is 0.875. The van der Waals surface area contributed by atoms with Crippen molar-refractivity contribution in [3.05, 3.63) is 22.7 Å². The predicted octanol–water partition coefficient (Wildman–Crippen LogP) is 1.86. The smallest absolute Gasteiger partial charge is 0.195 e. The number of aryl methyl sites for hydroxylation is 1. The first-order chi connectivity index (χ1) is 7.70. The Morgan fingerprint density at radius 3 is 3.00 bits per heavy atom. The topological polar surface area (TPSA) is 62.4 Å². The van der Waals surface area contributed by atoms with E-state index in [1.807, 2.05) is 6.07 Å². The van der Waals surface area contributed by atoms with Crippen LogP contribution >= 0.6 is 11.6 Å². The summed E-state index contributed by atoms with van der Waals surface area (Å²) < 4.78 is 0. The summed E-state index contributed by atoms with van der Waals surface area (Å²) in [6.45, 7) is 3.74. The largest absolute Gasteiger partial charge is 0.399 e. The molecule has 1 aliphatic heterocycles. The maximum Gasteiger partial charge on any atom is 0.195 e. The van der Waals surface area contributed by atoms with E-state index in [0.29, 0.717) is 10.7 Å². The Morgan fingerprint density at radius 1 is 1.56 bits per heavy atom. The molecule has 0 bridgehead atoms. The highest BCUT2D eigenvalue weighted by Crippen LogP contribution is 2.29. The molecule has 0 radical (unpaired) electrons. The zero-order valence-electron chi connectivity index (χ0n) is 9.18. The van der Waals surface area contributed by atoms with Crippen LogP contribution < -0.4 is 16.4 Å². The van der Waals surface area contributed by atoms with Gasteiger partial charge < -0.3 is 16.4 Å². The van der Waals surface area contributed by atoms with Crippen molar-refractivity contribution in [2.24, 2.45) is 4.99 Å². The molecule has 0 aromatic heterocycles. The minimum Gasteiger partial charge on any atom is -0.399 e. The molecule has 5 heteroatoms. The van der Waals surface area contributed by atoms with Gasteiger partial charge in [0.15, 0.2) is 5.96 Å². The second-order valence-electron chi connectivity index (χ2n) is 3.67. The van der Waals surface area contributed by atoms with Crippen molar-refractivity contribution in [3.8, 4) is 0 Å². The van der Waals surface area contributed by atoms with Crippen molar-refractivity contribution in [2.45, 2.75) is 13.3 Å². The fourth-order valence-electron chi connectivity index (χ4n) is 1.71. The number of halogens is 1. The molecule has 1 aromatic carbocycles. The van der Waals surface area contributed by atoms with E-state index in [1.165, 1.54) is 0 Å². The zero-order chi connectivity index (χ0) is 11.5. The lowest BCUT2D eigenvalue weighted by atomic mass is 10.1. The normalized spacial score (nSPS) is 14.5. The van der Waals surface area contributed by atoms with Gasteiger partial charge in [0.25, 0.3) is 0 Å². The Hall–Kier alpha value is -1.42. The SMILES string of the molecule is CCc1cc(N)cc(Cl)c1NC1=NCCN1. The number of guanidine groups is 1. The van der Waals surface area contributed by atoms with Crippen LogP contribution in [-0.2, 0) is 6.42 Å². The van der Waals surface area contributed by atoms with Crippen LogP contribution in [0.3, 0.4) is 0 Å². The van der Waals surface area contributed by atoms with Crippen LogP contribution in [0.25, 0.3) is 0 Å². The van der Waals surface area contributed by atoms with E-state index in [0.717, 1.165) is 36.7 Å². The average molecular weight is 239 g/mol. The number of nitrogens with zero attached hydrogens (tertiary/aromatic N) is 1. The van der Waals surface area contributed by atoms with Crippen molar-refractivity contribution in [3.63, 3.8) is 0 Å². The summed E-state index contributed by atoms with van der Waals surface area (Å²) in [5.74, 6) is 0.779. The first kappa shape index (κ1) is 11.1. The molecule has 1 aromatic rings. The number of hydrogen-bond acceptors (Lipinski definition) is 4. The molecule has 2 rings (SSSR count). The summed E-state index contributed by atoms with van der Waals surface area (Å²) in [6, 6.07) is 3.68. The van der Waals surface area contributed by atoms with Gasteiger partial charge in [-0.3, -0.25) is 4.99 Å². The van der Waals surface area contributed by atoms with E-state index in [1.54, 1.807) is 6.07 Å². The fourth-order valence-corrected chi connectivity index (χ4v) is 2.00. The third-order valence-electron chi connectivity index (χ3n) is 2.49. The Labute approximate surface area is 99.9 Å². The van der Waals surface area contributed by atoms with Crippen LogP contribution in [0.2, 0.25) is 5.02 Å². The quantitative estimate of drug-likeness (QED) is 0.690. The van der Waals surface area contributed by atoms with Gasteiger partial charge in [-0.1, -0.05) is 18.5 Å². The van der Waals surface area contributed by atoms with Crippen molar-refractivity contribution in [2.75, 3.05) is 24.1 Å². The molecule has 1 aliphatic rings. The van der Waals surface area contributed by atoms with Crippen LogP contribution in [0.4, 0.5) is 11.4 Å². The average Bonchev–Trinajstić information content (AvgIpc) is 2.74. The first-order valence-electron chi connectivity index (χ1n) is 5.34. The highest BCUT2D eigenvalue weighted by molar-refractivity contribution is 6.34. The summed E-state index contributed by atoms with van der Waals surface area (Å²) >= 11 is 6.17. The summed E-state index contributed by atoms with van der Waals surface area (Å²) in [5.41, 5.74) is 8.44. The lowest BCUT2D eigenvalue weighted by molar-refractivity contribution is 0.959. The Bertz CT molecular complexity index is 428. The molecular formula is C11H15ClN4. The molecule has 0 saturated heterocycles. The van der Waals surface area contributed by atoms with E-state index in [-0.39, 0.29) is 0 Å². The third-order valence-corrected chi connectivity index (χ3v) is 2.79. The summed E-state index contributed by atoms with van der Waals surface area (Å²) in [4.78, 5) is 4.27. The van der Waals surface area contributed by atoms with E-state index < -0.39 is 0 Å². The Kier molecular flexibility index (Phi) is 3.19. The van der Waals surface area contributed by atoms with E-state index in [4.69, 9.17) is 17.3 Å². The minimum atomic E-state index is 0.633. The fraction of sp³-hybridized carbons (Fsp3) is 0.364. The highest BCUT2D eigenvalue weighted by atomic mass is 35.5. The van der Waals surface area contributed by atoms with E-state index in [2.05, 4.69) is 22.5 Å². The number of nitrogens with one attached hydrogen (secondary N) is 2. The molecule has 0 aliphatic carbocycles. The van der Waals surface area contributed by atoms with Gasteiger partial charge >= 0.3 is 0 Å². The van der Waals surface area contributed by atoms with Crippen molar-refractivity contribution < 1.29 is 0 Å². The van der Waals surface area contributed by atoms with Crippen LogP contribution in [-0.4, -0.2) is 19.0 Å². The number of rotatable bonds is 2. The van der Waals surface area contributed by atoms with Gasteiger partial charge in [0, 0.05) is 12.2 Å². The molecule has 4 N–H and O–H groups in total. The highest BCUT2D eigenvalue weighted by Gasteiger charge is 2.11. The first-order valence-corrected chi connectivity index (χ1v) is 5.71. The molecule has 0 spiro atoms. The van der Waals surface area contributed by atoms with Crippen molar-refractivity contribution in [1.82, 2.24) is 5.32 Å². The van der Waals surface area contributed by atoms with Gasteiger partial charge in [0.1, 0.15) is 0 Å². The van der Waals surface area contributed by atoms with Crippen LogP contribution in [0, 0.1) is 0 Å². The summed E-state index contributed by atoms with van der Waals surface area (Å²) in [7, 11) is 0. The van der Waals surface area contributed by atoms with Crippen molar-refractivity contribution >= 4 is 28.9 Å². The van der Waals surface area contributed by atoms with E-state index in [9.17, 15) is 0 Å². The molecule has 1 heterocycles. The molecule has 0 saturated carbocycles. The number of anilines is 2. The number of hydrogen-bond donors (Lipinski definition) is 3. The molecule has 16 heavy (non-hydrogen) atoms. The lowest BCUT2D eigenvalue weighted by Gasteiger charge is -2.13. The van der Waals surface area contributed by atoms with Gasteiger partial charge in [-0.15, -0.1) is 0 Å². The molecule has 0 unspecified atom stereocenters. The number of benzene rings is 1. The lowest BCUT2D eigenvalue weighted by Crippen LogP contribution is -2.26. The van der Waals surface area contributed by atoms with Crippen LogP contribution in [0.15, 0.2) is 17.1 Å². The molecule has 0 fully saturated rings. The molecule has 86 valence electrons. The maximum absolute atomic E-state index is 6.17. The number of aliphatic imine (C=N–C) groups is 1. The van der Waals surface area contributed by atoms with Gasteiger partial charge in [-0.05, 0) is 24.1 Å². The van der Waals surface area contributed by atoms with Gasteiger partial charge in [-0.2, -0.15) is 0 Å². The molecule has 4 nitrogen and oxygen atoms in total. The number of nitrogens with two attached hydrogens (primary N) is 1. The third kappa shape index (κ3) is 2.22. The van der Waals surface area contributed by atoms with Crippen molar-refractivity contribution in [1.29, 1.82) is 0 Å². The second kappa shape index (κ2) is 4.61. The van der Waals surface area contributed by atoms with Crippen LogP contribution in [0.5, 0.6) is 0 Å². The monoisotopic (exact) mass is 238 g/mol. The number of nitrogen functional groups attached to an aromatic ring is 1. The summed E-state index contributed by atoms with van der Waals surface area (Å²) in [5, 5.41) is 6.99. The Balaban J connectivity index is 2.31. The molecular weight excluding hydrogens is 224 g/mol. The minimum absolute atomic E-state index is 0.633. The zero-order valence-corrected chi connectivity index (χ0v) is 9.93. The van der Waals surface area contributed by atoms with Gasteiger partial charge in [-0.25, -0.2) is 0 Å². The Morgan fingerprint density at radius 2 is 2.38 bits per heavy atom.